The number of amides is 3. The Morgan fingerprint density at radius 1 is 0.821 bits per heavy atom. The molecule has 4 aromatic rings. The van der Waals surface area contributed by atoms with Crippen LogP contribution < -0.4 is 20.9 Å². The molecule has 200 valence electrons. The summed E-state index contributed by atoms with van der Waals surface area (Å²) < 4.78 is 0. The maximum atomic E-state index is 12.7. The van der Waals surface area contributed by atoms with Crippen LogP contribution in [-0.4, -0.2) is 53.6 Å². The number of H-pyrrole nitrogens is 1. The molecule has 39 heavy (non-hydrogen) atoms. The fraction of sp³-hybridized carbons (Fsp3) is 0.233. The molecule has 3 aromatic carbocycles. The van der Waals surface area contributed by atoms with Crippen molar-refractivity contribution in [3.63, 3.8) is 0 Å². The molecule has 0 radical (unpaired) electrons. The summed E-state index contributed by atoms with van der Waals surface area (Å²) in [6.07, 6.45) is 3.25. The van der Waals surface area contributed by atoms with E-state index in [0.29, 0.717) is 22.5 Å². The number of rotatable bonds is 8. The Kier molecular flexibility index (Phi) is 7.88. The van der Waals surface area contributed by atoms with Gasteiger partial charge in [0.25, 0.3) is 11.8 Å². The second-order valence-electron chi connectivity index (χ2n) is 9.63. The Bertz CT molecular complexity index is 1460. The number of nitrogens with zero attached hydrogens (tertiary/aromatic N) is 1. The van der Waals surface area contributed by atoms with Crippen molar-refractivity contribution >= 4 is 45.7 Å². The van der Waals surface area contributed by atoms with Gasteiger partial charge in [0.15, 0.2) is 0 Å². The van der Waals surface area contributed by atoms with Gasteiger partial charge in [0.2, 0.25) is 5.91 Å². The zero-order valence-corrected chi connectivity index (χ0v) is 21.4. The van der Waals surface area contributed by atoms with Crippen molar-refractivity contribution in [1.29, 1.82) is 0 Å². The topological polar surface area (TPSA) is 127 Å². The highest BCUT2D eigenvalue weighted by Crippen LogP contribution is 2.21. The SMILES string of the molecule is O=C(CCNC(=O)c1ccc(NC(=O)c2ccc(N3CCC(O)CC3)cc2)cc1)Nc1ccc2cc[nH]c2c1. The zero-order valence-electron chi connectivity index (χ0n) is 21.4. The number of anilines is 3. The van der Waals surface area contributed by atoms with Gasteiger partial charge in [-0.3, -0.25) is 14.4 Å². The third kappa shape index (κ3) is 6.63. The van der Waals surface area contributed by atoms with E-state index < -0.39 is 0 Å². The van der Waals surface area contributed by atoms with Crippen molar-refractivity contribution in [3.8, 4) is 0 Å². The maximum absolute atomic E-state index is 12.7. The Labute approximate surface area is 226 Å². The van der Waals surface area contributed by atoms with Crippen LogP contribution in [-0.2, 0) is 4.79 Å². The number of nitrogens with one attached hydrogen (secondary N) is 4. The van der Waals surface area contributed by atoms with Gasteiger partial charge in [-0.05, 0) is 85.0 Å². The number of aromatic amines is 1. The van der Waals surface area contributed by atoms with Crippen LogP contribution in [0.2, 0.25) is 0 Å². The number of aromatic nitrogens is 1. The third-order valence-electron chi connectivity index (χ3n) is 6.84. The van der Waals surface area contributed by atoms with Crippen molar-refractivity contribution < 1.29 is 19.5 Å². The standard InChI is InChI=1S/C30H31N5O4/c36-26-13-17-35(18-14-26)25-9-4-22(5-10-25)30(39)34-23-6-2-21(3-7-23)29(38)32-16-12-28(37)33-24-8-1-20-11-15-31-27(20)19-24/h1-11,15,19,26,31,36H,12-14,16-18H2,(H,32,38)(H,33,37)(H,34,39). The first kappa shape index (κ1) is 26.0. The van der Waals surface area contributed by atoms with Gasteiger partial charge in [0.05, 0.1) is 6.10 Å². The molecule has 1 aliphatic rings. The van der Waals surface area contributed by atoms with Gasteiger partial charge in [-0.15, -0.1) is 0 Å². The van der Waals surface area contributed by atoms with Crippen LogP contribution >= 0.6 is 0 Å². The molecule has 3 amide bonds. The van der Waals surface area contributed by atoms with Crippen LogP contribution in [0.15, 0.2) is 79.0 Å². The molecule has 0 aliphatic carbocycles. The first-order valence-corrected chi connectivity index (χ1v) is 13.0. The number of fused-ring (bicyclic) bond motifs is 1. The van der Waals surface area contributed by atoms with E-state index in [4.69, 9.17) is 0 Å². The minimum Gasteiger partial charge on any atom is -0.393 e. The molecule has 1 aromatic heterocycles. The molecule has 1 saturated heterocycles. The number of piperidine rings is 1. The molecule has 9 nitrogen and oxygen atoms in total. The minimum absolute atomic E-state index is 0.140. The molecule has 1 aliphatic heterocycles. The molecule has 5 N–H and O–H groups in total. The number of hydrogen-bond donors (Lipinski definition) is 5. The summed E-state index contributed by atoms with van der Waals surface area (Å²) in [6.45, 7) is 1.79. The minimum atomic E-state index is -0.297. The molecule has 1 fully saturated rings. The average Bonchev–Trinajstić information content (AvgIpc) is 3.42. The molecular formula is C30H31N5O4. The van der Waals surface area contributed by atoms with Crippen LogP contribution in [0, 0.1) is 0 Å². The number of hydrogen-bond acceptors (Lipinski definition) is 5. The molecule has 0 saturated carbocycles. The number of aliphatic hydroxyl groups excluding tert-OH is 1. The quantitative estimate of drug-likeness (QED) is 0.236. The van der Waals surface area contributed by atoms with Gasteiger partial charge in [-0.2, -0.15) is 0 Å². The predicted octanol–water partition coefficient (Wildman–Crippen LogP) is 4.14. The monoisotopic (exact) mass is 525 g/mol. The highest BCUT2D eigenvalue weighted by atomic mass is 16.3. The van der Waals surface area contributed by atoms with Crippen molar-refractivity contribution in [2.75, 3.05) is 35.2 Å². The number of carbonyl (C=O) groups is 3. The Hall–Kier alpha value is -4.63. The van der Waals surface area contributed by atoms with Crippen molar-refractivity contribution in [2.24, 2.45) is 0 Å². The van der Waals surface area contributed by atoms with Gasteiger partial charge in [0, 0.05) is 66.0 Å². The maximum Gasteiger partial charge on any atom is 0.255 e. The number of aliphatic hydroxyl groups is 1. The van der Waals surface area contributed by atoms with Gasteiger partial charge < -0.3 is 30.9 Å². The smallest absolute Gasteiger partial charge is 0.255 e. The summed E-state index contributed by atoms with van der Waals surface area (Å²) in [6, 6.07) is 21.6. The molecule has 0 spiro atoms. The van der Waals surface area contributed by atoms with E-state index >= 15 is 0 Å². The Morgan fingerprint density at radius 2 is 1.49 bits per heavy atom. The molecule has 0 atom stereocenters. The fourth-order valence-corrected chi connectivity index (χ4v) is 4.60. The molecule has 0 bridgehead atoms. The average molecular weight is 526 g/mol. The molecule has 5 rings (SSSR count). The van der Waals surface area contributed by atoms with E-state index in [1.807, 2.05) is 42.6 Å². The number of carbonyl (C=O) groups excluding carboxylic acids is 3. The normalized spacial score (nSPS) is 13.7. The summed E-state index contributed by atoms with van der Waals surface area (Å²) >= 11 is 0. The lowest BCUT2D eigenvalue weighted by Crippen LogP contribution is -2.35. The first-order chi connectivity index (χ1) is 18.9. The van der Waals surface area contributed by atoms with Crippen molar-refractivity contribution in [1.82, 2.24) is 10.3 Å². The lowest BCUT2D eigenvalue weighted by atomic mass is 10.1. The first-order valence-electron chi connectivity index (χ1n) is 13.0. The highest BCUT2D eigenvalue weighted by molar-refractivity contribution is 6.05. The Morgan fingerprint density at radius 3 is 2.23 bits per heavy atom. The molecule has 2 heterocycles. The van der Waals surface area contributed by atoms with Gasteiger partial charge >= 0.3 is 0 Å². The van der Waals surface area contributed by atoms with Crippen LogP contribution in [0.5, 0.6) is 0 Å². The zero-order chi connectivity index (χ0) is 27.2. The second-order valence-corrected chi connectivity index (χ2v) is 9.63. The summed E-state index contributed by atoms with van der Waals surface area (Å²) in [5.41, 5.74) is 4.20. The van der Waals surface area contributed by atoms with E-state index in [1.165, 1.54) is 0 Å². The van der Waals surface area contributed by atoms with E-state index in [0.717, 1.165) is 42.5 Å². The number of benzene rings is 3. The summed E-state index contributed by atoms with van der Waals surface area (Å²) in [5, 5.41) is 19.2. The highest BCUT2D eigenvalue weighted by Gasteiger charge is 2.17. The largest absolute Gasteiger partial charge is 0.393 e. The lowest BCUT2D eigenvalue weighted by molar-refractivity contribution is -0.116. The predicted molar refractivity (Wildman–Crippen MR) is 152 cm³/mol. The van der Waals surface area contributed by atoms with E-state index in [1.54, 1.807) is 36.4 Å². The van der Waals surface area contributed by atoms with Gasteiger partial charge in [-0.25, -0.2) is 0 Å². The van der Waals surface area contributed by atoms with Crippen LogP contribution in [0.3, 0.4) is 0 Å². The fourth-order valence-electron chi connectivity index (χ4n) is 4.60. The summed E-state index contributed by atoms with van der Waals surface area (Å²) in [7, 11) is 0. The summed E-state index contributed by atoms with van der Waals surface area (Å²) in [5.74, 6) is -0.731. The summed E-state index contributed by atoms with van der Waals surface area (Å²) in [4.78, 5) is 42.7. The van der Waals surface area contributed by atoms with E-state index in [9.17, 15) is 19.5 Å². The third-order valence-corrected chi connectivity index (χ3v) is 6.84. The van der Waals surface area contributed by atoms with E-state index in [2.05, 4.69) is 25.8 Å². The van der Waals surface area contributed by atoms with Gasteiger partial charge in [0.1, 0.15) is 0 Å². The van der Waals surface area contributed by atoms with Crippen LogP contribution in [0.1, 0.15) is 40.0 Å². The van der Waals surface area contributed by atoms with E-state index in [-0.39, 0.29) is 36.8 Å². The lowest BCUT2D eigenvalue weighted by Gasteiger charge is -2.31. The molecular weight excluding hydrogens is 494 g/mol. The van der Waals surface area contributed by atoms with Crippen molar-refractivity contribution in [3.05, 3.63) is 90.1 Å². The van der Waals surface area contributed by atoms with Crippen LogP contribution in [0.25, 0.3) is 10.9 Å². The molecule has 9 heteroatoms. The van der Waals surface area contributed by atoms with Crippen LogP contribution in [0.4, 0.5) is 17.1 Å². The second kappa shape index (κ2) is 11.8. The van der Waals surface area contributed by atoms with Gasteiger partial charge in [-0.1, -0.05) is 6.07 Å². The Balaban J connectivity index is 1.06. The molecule has 0 unspecified atom stereocenters. The van der Waals surface area contributed by atoms with Crippen molar-refractivity contribution in [2.45, 2.75) is 25.4 Å².